The zero-order chi connectivity index (χ0) is 16.7. The van der Waals surface area contributed by atoms with Gasteiger partial charge in [0.25, 0.3) is 0 Å². The first-order chi connectivity index (χ1) is 11.6. The van der Waals surface area contributed by atoms with Gasteiger partial charge in [0.1, 0.15) is 5.69 Å². The highest BCUT2D eigenvalue weighted by Gasteiger charge is 2.29. The van der Waals surface area contributed by atoms with E-state index in [1.807, 2.05) is 17.8 Å². The largest absolute Gasteiger partial charge is 0.387 e. The van der Waals surface area contributed by atoms with Crippen molar-refractivity contribution in [3.8, 4) is 0 Å². The van der Waals surface area contributed by atoms with E-state index in [4.69, 9.17) is 0 Å². The molecule has 0 bridgehead atoms. The molecule has 1 aliphatic heterocycles. The van der Waals surface area contributed by atoms with Gasteiger partial charge >= 0.3 is 0 Å². The Morgan fingerprint density at radius 1 is 1.25 bits per heavy atom. The third kappa shape index (κ3) is 2.90. The molecule has 1 saturated heterocycles. The lowest BCUT2D eigenvalue weighted by atomic mass is 10.1. The Hall–Kier alpha value is -2.31. The van der Waals surface area contributed by atoms with E-state index in [2.05, 4.69) is 50.5 Å². The molecule has 0 amide bonds. The maximum atomic E-state index is 9.53. The molecule has 6 nitrogen and oxygen atoms in total. The summed E-state index contributed by atoms with van der Waals surface area (Å²) in [5.74, 6) is 0. The average Bonchev–Trinajstić information content (AvgIpc) is 3.00. The monoisotopic (exact) mass is 323 g/mol. The predicted octanol–water partition coefficient (Wildman–Crippen LogP) is 2.24. The normalized spacial score (nSPS) is 17.1. The molecule has 1 unspecified atom stereocenters. The second-order valence-corrected chi connectivity index (χ2v) is 6.63. The van der Waals surface area contributed by atoms with Crippen LogP contribution >= 0.6 is 0 Å². The van der Waals surface area contributed by atoms with Gasteiger partial charge in [-0.05, 0) is 37.6 Å². The van der Waals surface area contributed by atoms with E-state index in [1.165, 1.54) is 10.9 Å². The molecule has 6 heteroatoms. The number of hydrogen-bond acceptors (Lipinski definition) is 5. The number of fused-ring (bicyclic) bond motifs is 1. The summed E-state index contributed by atoms with van der Waals surface area (Å²) in [5.41, 5.74) is 4.03. The number of aromatic nitrogens is 4. The molecule has 0 aliphatic carbocycles. The van der Waals surface area contributed by atoms with Gasteiger partial charge in [-0.1, -0.05) is 17.3 Å². The number of hydrogen-bond donors (Lipinski definition) is 1. The Balaban J connectivity index is 1.40. The number of nitrogens with zero attached hydrogens (tertiary/aromatic N) is 5. The first-order valence-corrected chi connectivity index (χ1v) is 8.27. The van der Waals surface area contributed by atoms with E-state index < -0.39 is 6.10 Å². The van der Waals surface area contributed by atoms with Crippen molar-refractivity contribution >= 4 is 10.9 Å². The molecule has 1 N–H and O–H groups in total. The van der Waals surface area contributed by atoms with Crippen molar-refractivity contribution in [3.05, 3.63) is 53.5 Å². The fraction of sp³-hybridized carbons (Fsp3) is 0.389. The molecule has 124 valence electrons. The van der Waals surface area contributed by atoms with Crippen molar-refractivity contribution < 1.29 is 5.11 Å². The van der Waals surface area contributed by atoms with E-state index >= 15 is 0 Å². The molecule has 1 atom stereocenters. The molecular weight excluding hydrogens is 302 g/mol. The van der Waals surface area contributed by atoms with Crippen LogP contribution in [0.15, 0.2) is 36.5 Å². The minimum atomic E-state index is -0.565. The third-order valence-corrected chi connectivity index (χ3v) is 4.57. The highest BCUT2D eigenvalue weighted by molar-refractivity contribution is 5.79. The molecular formula is C18H21N5O. The Kier molecular flexibility index (Phi) is 3.78. The van der Waals surface area contributed by atoms with Gasteiger partial charge in [0.05, 0.1) is 23.9 Å². The van der Waals surface area contributed by atoms with Crippen LogP contribution in [0.4, 0.5) is 0 Å². The van der Waals surface area contributed by atoms with Gasteiger partial charge < -0.3 is 5.11 Å². The summed E-state index contributed by atoms with van der Waals surface area (Å²) >= 11 is 0. The molecule has 2 aromatic heterocycles. The fourth-order valence-corrected chi connectivity index (χ4v) is 3.13. The Morgan fingerprint density at radius 2 is 2.08 bits per heavy atom. The van der Waals surface area contributed by atoms with Gasteiger partial charge in [0.15, 0.2) is 0 Å². The van der Waals surface area contributed by atoms with Crippen LogP contribution in [-0.4, -0.2) is 43.1 Å². The maximum absolute atomic E-state index is 9.53. The van der Waals surface area contributed by atoms with Crippen molar-refractivity contribution in [1.82, 2.24) is 24.9 Å². The Morgan fingerprint density at radius 3 is 2.83 bits per heavy atom. The highest BCUT2D eigenvalue weighted by atomic mass is 16.3. The molecule has 4 rings (SSSR count). The third-order valence-electron chi connectivity index (χ3n) is 4.57. The van der Waals surface area contributed by atoms with Crippen LogP contribution in [0.3, 0.4) is 0 Å². The highest BCUT2D eigenvalue weighted by Crippen LogP contribution is 2.24. The van der Waals surface area contributed by atoms with E-state index in [-0.39, 0.29) is 0 Å². The van der Waals surface area contributed by atoms with Crippen LogP contribution in [-0.2, 0) is 6.54 Å². The van der Waals surface area contributed by atoms with Crippen molar-refractivity contribution in [2.75, 3.05) is 13.1 Å². The van der Waals surface area contributed by atoms with Gasteiger partial charge in [0.2, 0.25) is 0 Å². The van der Waals surface area contributed by atoms with Crippen molar-refractivity contribution in [2.24, 2.45) is 0 Å². The number of pyridine rings is 1. The van der Waals surface area contributed by atoms with Crippen molar-refractivity contribution in [2.45, 2.75) is 32.5 Å². The van der Waals surface area contributed by atoms with Crippen LogP contribution in [0, 0.1) is 6.92 Å². The molecule has 1 aromatic carbocycles. The Bertz CT molecular complexity index is 867. The smallest absolute Gasteiger partial charge is 0.111 e. The predicted molar refractivity (Wildman–Crippen MR) is 91.4 cm³/mol. The average molecular weight is 323 g/mol. The summed E-state index contributed by atoms with van der Waals surface area (Å²) in [4.78, 5) is 6.93. The van der Waals surface area contributed by atoms with Crippen molar-refractivity contribution in [1.29, 1.82) is 0 Å². The molecule has 1 aliphatic rings. The van der Waals surface area contributed by atoms with Crippen LogP contribution in [0.2, 0.25) is 0 Å². The quantitative estimate of drug-likeness (QED) is 0.797. The van der Waals surface area contributed by atoms with E-state index in [9.17, 15) is 5.11 Å². The second kappa shape index (κ2) is 5.96. The fourth-order valence-electron chi connectivity index (χ4n) is 3.13. The van der Waals surface area contributed by atoms with Gasteiger partial charge in [0, 0.05) is 30.7 Å². The molecule has 1 fully saturated rings. The molecule has 3 heterocycles. The first-order valence-electron chi connectivity index (χ1n) is 8.27. The van der Waals surface area contributed by atoms with Crippen molar-refractivity contribution in [3.63, 3.8) is 0 Å². The number of likely N-dealkylation sites (tertiary alicyclic amines) is 1. The number of rotatable bonds is 4. The van der Waals surface area contributed by atoms with Gasteiger partial charge in [-0.3, -0.25) is 9.88 Å². The number of aliphatic hydroxyl groups excluding tert-OH is 1. The van der Waals surface area contributed by atoms with Gasteiger partial charge in [-0.2, -0.15) is 0 Å². The summed E-state index contributed by atoms with van der Waals surface area (Å²) in [6.45, 7) is 6.55. The Labute approximate surface area is 140 Å². The molecule has 24 heavy (non-hydrogen) atoms. The molecule has 0 radical (unpaired) electrons. The van der Waals surface area contributed by atoms with Crippen LogP contribution in [0.1, 0.15) is 36.0 Å². The first kappa shape index (κ1) is 15.2. The number of aryl methyl sites for hydroxylation is 1. The lowest BCUT2D eigenvalue weighted by molar-refractivity contribution is 0.0896. The topological polar surface area (TPSA) is 67.1 Å². The summed E-state index contributed by atoms with van der Waals surface area (Å²) in [7, 11) is 0. The maximum Gasteiger partial charge on any atom is 0.111 e. The minimum absolute atomic E-state index is 0.342. The summed E-state index contributed by atoms with van der Waals surface area (Å²) in [5, 5.41) is 18.8. The van der Waals surface area contributed by atoms with Crippen LogP contribution in [0.25, 0.3) is 10.9 Å². The standard InChI is InChI=1S/C18H21N5O/c1-12-3-5-15-7-14(4-6-17(15)19-12)8-22-9-16(10-22)23-11-18(13(2)24)20-21-23/h3-7,11,13,16,24H,8-10H2,1-2H3. The number of aliphatic hydroxyl groups is 1. The second-order valence-electron chi connectivity index (χ2n) is 6.63. The molecule has 0 spiro atoms. The number of benzene rings is 1. The van der Waals surface area contributed by atoms with Gasteiger partial charge in [-0.15, -0.1) is 5.10 Å². The van der Waals surface area contributed by atoms with Gasteiger partial charge in [-0.25, -0.2) is 4.68 Å². The minimum Gasteiger partial charge on any atom is -0.387 e. The van der Waals surface area contributed by atoms with E-state index in [0.29, 0.717) is 11.7 Å². The van der Waals surface area contributed by atoms with E-state index in [0.717, 1.165) is 30.8 Å². The van der Waals surface area contributed by atoms with Crippen LogP contribution < -0.4 is 0 Å². The zero-order valence-corrected chi connectivity index (χ0v) is 13.9. The summed E-state index contributed by atoms with van der Waals surface area (Å²) in [6.07, 6.45) is 1.28. The molecule has 0 saturated carbocycles. The SMILES string of the molecule is Cc1ccc2cc(CN3CC(n4cc(C(C)O)nn4)C3)ccc2n1. The zero-order valence-electron chi connectivity index (χ0n) is 13.9. The summed E-state index contributed by atoms with van der Waals surface area (Å²) in [6, 6.07) is 11.0. The van der Waals surface area contributed by atoms with E-state index in [1.54, 1.807) is 6.92 Å². The lowest BCUT2D eigenvalue weighted by Gasteiger charge is -2.38. The summed E-state index contributed by atoms with van der Waals surface area (Å²) < 4.78 is 1.87. The molecule has 3 aromatic rings. The van der Waals surface area contributed by atoms with Crippen LogP contribution in [0.5, 0.6) is 0 Å². The lowest BCUT2D eigenvalue weighted by Crippen LogP contribution is -2.47.